The van der Waals surface area contributed by atoms with Crippen molar-refractivity contribution in [2.45, 2.75) is 51.4 Å². The Kier molecular flexibility index (Phi) is 7.46. The molecule has 122 valence electrons. The first-order chi connectivity index (χ1) is 9.65. The molecular formula is C15H28ClN3O2. The fourth-order valence-electron chi connectivity index (χ4n) is 3.04. The van der Waals surface area contributed by atoms with E-state index in [1.807, 2.05) is 0 Å². The molecule has 0 aromatic heterocycles. The average Bonchev–Trinajstić information content (AvgIpc) is 3.29. The van der Waals surface area contributed by atoms with Gasteiger partial charge in [-0.05, 0) is 37.6 Å². The van der Waals surface area contributed by atoms with E-state index in [2.05, 4.69) is 10.6 Å². The highest BCUT2D eigenvalue weighted by Gasteiger charge is 2.33. The van der Waals surface area contributed by atoms with Crippen LogP contribution in [0.1, 0.15) is 51.4 Å². The van der Waals surface area contributed by atoms with Crippen LogP contribution in [0, 0.1) is 11.3 Å². The first-order valence-electron chi connectivity index (χ1n) is 7.90. The SMILES string of the molecule is Cl.NCC1(CC(=O)NCCNC(=O)C2CC2)CCCCC1. The topological polar surface area (TPSA) is 84.2 Å². The minimum atomic E-state index is 0. The van der Waals surface area contributed by atoms with Crippen LogP contribution in [0.3, 0.4) is 0 Å². The lowest BCUT2D eigenvalue weighted by Crippen LogP contribution is -2.40. The predicted molar refractivity (Wildman–Crippen MR) is 85.2 cm³/mol. The fourth-order valence-corrected chi connectivity index (χ4v) is 3.04. The van der Waals surface area contributed by atoms with Crippen LogP contribution in [-0.2, 0) is 9.59 Å². The highest BCUT2D eigenvalue weighted by molar-refractivity contribution is 5.85. The van der Waals surface area contributed by atoms with E-state index in [9.17, 15) is 9.59 Å². The summed E-state index contributed by atoms with van der Waals surface area (Å²) in [6.45, 7) is 1.63. The van der Waals surface area contributed by atoms with Gasteiger partial charge in [-0.3, -0.25) is 9.59 Å². The second kappa shape index (κ2) is 8.59. The van der Waals surface area contributed by atoms with Crippen LogP contribution >= 0.6 is 12.4 Å². The summed E-state index contributed by atoms with van der Waals surface area (Å²) >= 11 is 0. The van der Waals surface area contributed by atoms with E-state index in [0.717, 1.165) is 25.7 Å². The number of amides is 2. The van der Waals surface area contributed by atoms with E-state index in [-0.39, 0.29) is 35.6 Å². The van der Waals surface area contributed by atoms with Crippen molar-refractivity contribution in [2.75, 3.05) is 19.6 Å². The summed E-state index contributed by atoms with van der Waals surface area (Å²) in [6.07, 6.45) is 8.31. The lowest BCUT2D eigenvalue weighted by Gasteiger charge is -2.35. The van der Waals surface area contributed by atoms with Gasteiger partial charge in [0.2, 0.25) is 11.8 Å². The van der Waals surface area contributed by atoms with Crippen molar-refractivity contribution in [3.05, 3.63) is 0 Å². The molecule has 2 aliphatic carbocycles. The summed E-state index contributed by atoms with van der Waals surface area (Å²) in [7, 11) is 0. The predicted octanol–water partition coefficient (Wildman–Crippen LogP) is 1.35. The van der Waals surface area contributed by atoms with Gasteiger partial charge in [-0.25, -0.2) is 0 Å². The van der Waals surface area contributed by atoms with Crippen molar-refractivity contribution >= 4 is 24.2 Å². The molecule has 5 nitrogen and oxygen atoms in total. The van der Waals surface area contributed by atoms with Crippen molar-refractivity contribution in [3.63, 3.8) is 0 Å². The Morgan fingerprint density at radius 1 is 1.05 bits per heavy atom. The fraction of sp³-hybridized carbons (Fsp3) is 0.867. The number of halogens is 1. The van der Waals surface area contributed by atoms with Crippen molar-refractivity contribution in [1.29, 1.82) is 0 Å². The highest BCUT2D eigenvalue weighted by Crippen LogP contribution is 2.38. The van der Waals surface area contributed by atoms with Gasteiger partial charge in [0.15, 0.2) is 0 Å². The van der Waals surface area contributed by atoms with E-state index < -0.39 is 0 Å². The molecule has 0 aromatic carbocycles. The summed E-state index contributed by atoms with van der Waals surface area (Å²) in [5, 5.41) is 5.74. The molecule has 2 fully saturated rings. The molecule has 21 heavy (non-hydrogen) atoms. The summed E-state index contributed by atoms with van der Waals surface area (Å²) < 4.78 is 0. The van der Waals surface area contributed by atoms with Crippen LogP contribution in [0.15, 0.2) is 0 Å². The average molecular weight is 318 g/mol. The largest absolute Gasteiger partial charge is 0.354 e. The van der Waals surface area contributed by atoms with Crippen molar-refractivity contribution in [3.8, 4) is 0 Å². The molecule has 2 saturated carbocycles. The van der Waals surface area contributed by atoms with Crippen LogP contribution in [-0.4, -0.2) is 31.4 Å². The van der Waals surface area contributed by atoms with Gasteiger partial charge in [0, 0.05) is 25.4 Å². The molecule has 6 heteroatoms. The third-order valence-corrected chi connectivity index (χ3v) is 4.58. The molecule has 2 rings (SSSR count). The zero-order valence-electron chi connectivity index (χ0n) is 12.7. The Morgan fingerprint density at radius 3 is 2.24 bits per heavy atom. The van der Waals surface area contributed by atoms with Crippen molar-refractivity contribution in [2.24, 2.45) is 17.1 Å². The third kappa shape index (κ3) is 5.83. The molecular weight excluding hydrogens is 290 g/mol. The van der Waals surface area contributed by atoms with Gasteiger partial charge in [0.05, 0.1) is 0 Å². The van der Waals surface area contributed by atoms with Gasteiger partial charge in [-0.1, -0.05) is 19.3 Å². The summed E-state index contributed by atoms with van der Waals surface area (Å²) in [4.78, 5) is 23.4. The second-order valence-corrected chi connectivity index (χ2v) is 6.36. The molecule has 0 radical (unpaired) electrons. The molecule has 0 heterocycles. The second-order valence-electron chi connectivity index (χ2n) is 6.36. The number of nitrogens with one attached hydrogen (secondary N) is 2. The van der Waals surface area contributed by atoms with E-state index in [1.165, 1.54) is 19.3 Å². The van der Waals surface area contributed by atoms with Crippen LogP contribution in [0.4, 0.5) is 0 Å². The van der Waals surface area contributed by atoms with Gasteiger partial charge in [0.1, 0.15) is 0 Å². The monoisotopic (exact) mass is 317 g/mol. The number of hydrogen-bond acceptors (Lipinski definition) is 3. The Morgan fingerprint density at radius 2 is 1.67 bits per heavy atom. The number of nitrogens with two attached hydrogens (primary N) is 1. The molecule has 0 aromatic rings. The lowest BCUT2D eigenvalue weighted by atomic mass is 9.71. The van der Waals surface area contributed by atoms with Crippen LogP contribution in [0.25, 0.3) is 0 Å². The summed E-state index contributed by atoms with van der Waals surface area (Å²) in [6, 6.07) is 0. The Bertz CT molecular complexity index is 353. The number of carbonyl (C=O) groups is 2. The van der Waals surface area contributed by atoms with Crippen LogP contribution < -0.4 is 16.4 Å². The minimum absolute atomic E-state index is 0. The quantitative estimate of drug-likeness (QED) is 0.620. The molecule has 4 N–H and O–H groups in total. The normalized spacial score (nSPS) is 20.2. The summed E-state index contributed by atoms with van der Waals surface area (Å²) in [5.74, 6) is 0.427. The number of rotatable bonds is 7. The minimum Gasteiger partial charge on any atom is -0.354 e. The maximum atomic E-state index is 12.0. The summed E-state index contributed by atoms with van der Waals surface area (Å²) in [5.41, 5.74) is 5.90. The zero-order valence-corrected chi connectivity index (χ0v) is 13.5. The lowest BCUT2D eigenvalue weighted by molar-refractivity contribution is -0.125. The van der Waals surface area contributed by atoms with Gasteiger partial charge in [-0.15, -0.1) is 12.4 Å². The van der Waals surface area contributed by atoms with Crippen molar-refractivity contribution < 1.29 is 9.59 Å². The number of carbonyl (C=O) groups excluding carboxylic acids is 2. The van der Waals surface area contributed by atoms with Crippen molar-refractivity contribution in [1.82, 2.24) is 10.6 Å². The Hall–Kier alpha value is -0.810. The Labute approximate surface area is 133 Å². The van der Waals surface area contributed by atoms with E-state index in [1.54, 1.807) is 0 Å². The number of hydrogen-bond donors (Lipinski definition) is 3. The zero-order chi connectivity index (χ0) is 14.4. The maximum Gasteiger partial charge on any atom is 0.223 e. The molecule has 0 spiro atoms. The van der Waals surface area contributed by atoms with E-state index in [0.29, 0.717) is 26.1 Å². The van der Waals surface area contributed by atoms with E-state index >= 15 is 0 Å². The molecule has 2 amide bonds. The first kappa shape index (κ1) is 18.2. The Balaban J connectivity index is 0.00000220. The van der Waals surface area contributed by atoms with Gasteiger partial charge in [0.25, 0.3) is 0 Å². The standard InChI is InChI=1S/C15H27N3O2.ClH/c16-11-15(6-2-1-3-7-15)10-13(19)17-8-9-18-14(20)12-4-5-12;/h12H,1-11,16H2,(H,17,19)(H,18,20);1H. The molecule has 0 unspecified atom stereocenters. The highest BCUT2D eigenvalue weighted by atomic mass is 35.5. The molecule has 0 atom stereocenters. The smallest absolute Gasteiger partial charge is 0.223 e. The first-order valence-corrected chi connectivity index (χ1v) is 7.90. The molecule has 0 aliphatic heterocycles. The van der Waals surface area contributed by atoms with Gasteiger partial charge < -0.3 is 16.4 Å². The van der Waals surface area contributed by atoms with Crippen LogP contribution in [0.5, 0.6) is 0 Å². The van der Waals surface area contributed by atoms with Gasteiger partial charge in [-0.2, -0.15) is 0 Å². The molecule has 2 aliphatic rings. The molecule has 0 saturated heterocycles. The van der Waals surface area contributed by atoms with Crippen LogP contribution in [0.2, 0.25) is 0 Å². The third-order valence-electron chi connectivity index (χ3n) is 4.58. The maximum absolute atomic E-state index is 12.0. The molecule has 0 bridgehead atoms. The van der Waals surface area contributed by atoms with Gasteiger partial charge >= 0.3 is 0 Å². The van der Waals surface area contributed by atoms with E-state index in [4.69, 9.17) is 5.73 Å².